The number of aromatic carboxylic acids is 1. The van der Waals surface area contributed by atoms with Gasteiger partial charge in [-0.1, -0.05) is 18.2 Å². The Morgan fingerprint density at radius 2 is 2.08 bits per heavy atom. The van der Waals surface area contributed by atoms with E-state index in [2.05, 4.69) is 33.6 Å². The highest BCUT2D eigenvalue weighted by molar-refractivity contribution is 5.94. The average Bonchev–Trinajstić information content (AvgIpc) is 3.52. The minimum atomic E-state index is -0.983. The predicted octanol–water partition coefficient (Wildman–Crippen LogP) is 5.01. The molecule has 2 aromatic carbocycles. The number of hydrogen-bond donors (Lipinski definition) is 2. The van der Waals surface area contributed by atoms with Gasteiger partial charge in [-0.3, -0.25) is 4.68 Å². The molecule has 0 bridgehead atoms. The average molecular weight is 481 g/mol. The maximum Gasteiger partial charge on any atom is 0.337 e. The first-order valence-corrected chi connectivity index (χ1v) is 12.0. The molecule has 8 nitrogen and oxygen atoms in total. The summed E-state index contributed by atoms with van der Waals surface area (Å²) >= 11 is 0. The molecule has 2 atom stereocenters. The molecule has 4 aromatic rings. The highest BCUT2D eigenvalue weighted by Crippen LogP contribution is 2.35. The molecule has 0 radical (unpaired) electrons. The van der Waals surface area contributed by atoms with Gasteiger partial charge in [-0.15, -0.1) is 0 Å². The first-order chi connectivity index (χ1) is 17.3. The van der Waals surface area contributed by atoms with Gasteiger partial charge in [-0.05, 0) is 55.7 Å². The summed E-state index contributed by atoms with van der Waals surface area (Å²) in [5.41, 5.74) is 5.25. The zero-order valence-corrected chi connectivity index (χ0v) is 20.6. The molecule has 1 fully saturated rings. The van der Waals surface area contributed by atoms with Crippen molar-refractivity contribution in [3.8, 4) is 6.07 Å². The lowest BCUT2D eigenvalue weighted by molar-refractivity contribution is 0.0698. The number of anilines is 2. The summed E-state index contributed by atoms with van der Waals surface area (Å²) < 4.78 is 1.82. The Morgan fingerprint density at radius 3 is 2.81 bits per heavy atom. The number of aryl methyl sites for hydroxylation is 2. The fraction of sp³-hybridized carbons (Fsp3) is 0.286. The molecule has 36 heavy (non-hydrogen) atoms. The Labute approximate surface area is 209 Å². The highest BCUT2D eigenvalue weighted by Gasteiger charge is 2.27. The van der Waals surface area contributed by atoms with Crippen molar-refractivity contribution in [2.24, 2.45) is 7.05 Å². The summed E-state index contributed by atoms with van der Waals surface area (Å²) in [6, 6.07) is 14.9. The molecule has 1 aliphatic rings. The van der Waals surface area contributed by atoms with Crippen molar-refractivity contribution >= 4 is 28.4 Å². The Kier molecular flexibility index (Phi) is 6.06. The molecule has 0 spiro atoms. The molecule has 0 aliphatic carbocycles. The van der Waals surface area contributed by atoms with Crippen LogP contribution < -0.4 is 10.2 Å². The smallest absolute Gasteiger partial charge is 0.337 e. The molecule has 3 heterocycles. The van der Waals surface area contributed by atoms with Gasteiger partial charge < -0.3 is 15.3 Å². The molecule has 2 N–H and O–H groups in total. The molecular formula is C28H28N6O2. The second kappa shape index (κ2) is 9.34. The van der Waals surface area contributed by atoms with Crippen molar-refractivity contribution in [3.63, 3.8) is 0 Å². The van der Waals surface area contributed by atoms with E-state index in [9.17, 15) is 15.2 Å². The van der Waals surface area contributed by atoms with Gasteiger partial charge in [0, 0.05) is 48.9 Å². The first-order valence-electron chi connectivity index (χ1n) is 12.0. The number of nitriles is 1. The second-order valence-electron chi connectivity index (χ2n) is 9.49. The van der Waals surface area contributed by atoms with E-state index in [0.717, 1.165) is 47.4 Å². The molecule has 8 heteroatoms. The van der Waals surface area contributed by atoms with Gasteiger partial charge in [-0.25, -0.2) is 9.78 Å². The van der Waals surface area contributed by atoms with Crippen LogP contribution in [0.2, 0.25) is 0 Å². The summed E-state index contributed by atoms with van der Waals surface area (Å²) in [6.45, 7) is 5.65. The molecule has 0 amide bonds. The van der Waals surface area contributed by atoms with E-state index in [-0.39, 0.29) is 11.6 Å². The minimum Gasteiger partial charge on any atom is -0.478 e. The van der Waals surface area contributed by atoms with Crippen LogP contribution in [-0.4, -0.2) is 38.9 Å². The second-order valence-corrected chi connectivity index (χ2v) is 9.49. The van der Waals surface area contributed by atoms with E-state index in [1.807, 2.05) is 50.0 Å². The lowest BCUT2D eigenvalue weighted by Crippen LogP contribution is -2.21. The normalized spacial score (nSPS) is 16.2. The van der Waals surface area contributed by atoms with Crippen LogP contribution in [0.4, 0.5) is 11.5 Å². The summed E-state index contributed by atoms with van der Waals surface area (Å²) in [6.07, 6.45) is 4.98. The number of rotatable bonds is 6. The maximum atomic E-state index is 11.7. The summed E-state index contributed by atoms with van der Waals surface area (Å²) in [7, 11) is 1.92. The van der Waals surface area contributed by atoms with Crippen molar-refractivity contribution in [1.82, 2.24) is 14.8 Å². The van der Waals surface area contributed by atoms with Crippen molar-refractivity contribution in [2.75, 3.05) is 23.3 Å². The van der Waals surface area contributed by atoms with Crippen molar-refractivity contribution in [1.29, 1.82) is 5.26 Å². The number of hydrogen-bond acceptors (Lipinski definition) is 6. The fourth-order valence-electron chi connectivity index (χ4n) is 5.07. The third-order valence-corrected chi connectivity index (χ3v) is 6.90. The molecule has 1 aliphatic heterocycles. The predicted molar refractivity (Wildman–Crippen MR) is 139 cm³/mol. The molecule has 1 saturated heterocycles. The van der Waals surface area contributed by atoms with Crippen LogP contribution in [0.15, 0.2) is 54.9 Å². The van der Waals surface area contributed by atoms with E-state index in [4.69, 9.17) is 4.98 Å². The fourth-order valence-corrected chi connectivity index (χ4v) is 5.07. The van der Waals surface area contributed by atoms with Gasteiger partial charge in [0.15, 0.2) is 0 Å². The van der Waals surface area contributed by atoms with Crippen molar-refractivity contribution < 1.29 is 9.90 Å². The van der Waals surface area contributed by atoms with Crippen LogP contribution in [0.3, 0.4) is 0 Å². The number of pyridine rings is 1. The zero-order valence-electron chi connectivity index (χ0n) is 20.6. The van der Waals surface area contributed by atoms with Crippen molar-refractivity contribution in [2.45, 2.75) is 32.2 Å². The van der Waals surface area contributed by atoms with E-state index >= 15 is 0 Å². The number of benzene rings is 2. The van der Waals surface area contributed by atoms with Crippen LogP contribution in [0.5, 0.6) is 0 Å². The highest BCUT2D eigenvalue weighted by atomic mass is 16.4. The molecule has 2 unspecified atom stereocenters. The van der Waals surface area contributed by atoms with Gasteiger partial charge in [0.25, 0.3) is 0 Å². The van der Waals surface area contributed by atoms with Crippen LogP contribution in [-0.2, 0) is 7.05 Å². The molecule has 5 rings (SSSR count). The zero-order chi connectivity index (χ0) is 25.4. The van der Waals surface area contributed by atoms with E-state index < -0.39 is 5.97 Å². The van der Waals surface area contributed by atoms with Crippen LogP contribution >= 0.6 is 0 Å². The van der Waals surface area contributed by atoms with E-state index in [1.54, 1.807) is 18.2 Å². The topological polar surface area (TPSA) is 107 Å². The number of nitrogens with zero attached hydrogens (tertiary/aromatic N) is 5. The standard InChI is InChI=1S/C28H28N6O2/c1-17-10-23(18(2)31-25-7-5-4-6-22(25)28(35)36)27-24(11-17)20(13-29)12-26(32-27)34-9-8-19(16-34)21-14-30-33(3)15-21/h4-7,10-12,14-15,18-19,31H,8-9,16H2,1-3H3,(H,35,36). The first kappa shape index (κ1) is 23.4. The van der Waals surface area contributed by atoms with Gasteiger partial charge in [-0.2, -0.15) is 10.4 Å². The summed E-state index contributed by atoms with van der Waals surface area (Å²) in [4.78, 5) is 19.0. The van der Waals surface area contributed by atoms with E-state index in [0.29, 0.717) is 17.2 Å². The van der Waals surface area contributed by atoms with Crippen LogP contribution in [0, 0.1) is 18.3 Å². The Morgan fingerprint density at radius 1 is 1.28 bits per heavy atom. The number of para-hydroxylation sites is 1. The molecule has 0 saturated carbocycles. The number of carboxylic acids is 1. The Balaban J connectivity index is 1.53. The van der Waals surface area contributed by atoms with Gasteiger partial charge in [0.05, 0.1) is 35.0 Å². The third-order valence-electron chi connectivity index (χ3n) is 6.90. The van der Waals surface area contributed by atoms with Gasteiger partial charge >= 0.3 is 5.97 Å². The number of fused-ring (bicyclic) bond motifs is 1. The van der Waals surface area contributed by atoms with Gasteiger partial charge in [0.1, 0.15) is 5.82 Å². The number of carbonyl (C=O) groups is 1. The summed E-state index contributed by atoms with van der Waals surface area (Å²) in [5, 5.41) is 28.1. The maximum absolute atomic E-state index is 11.7. The summed E-state index contributed by atoms with van der Waals surface area (Å²) in [5.74, 6) is 0.171. The lowest BCUT2D eigenvalue weighted by atomic mass is 9.97. The third kappa shape index (κ3) is 4.36. The quantitative estimate of drug-likeness (QED) is 0.399. The monoisotopic (exact) mass is 480 g/mol. The number of carboxylic acid groups (broad SMARTS) is 1. The van der Waals surface area contributed by atoms with Crippen LogP contribution in [0.25, 0.3) is 10.9 Å². The lowest BCUT2D eigenvalue weighted by Gasteiger charge is -2.22. The van der Waals surface area contributed by atoms with E-state index in [1.165, 1.54) is 5.56 Å². The largest absolute Gasteiger partial charge is 0.478 e. The molecule has 182 valence electrons. The van der Waals surface area contributed by atoms with Crippen molar-refractivity contribution in [3.05, 3.63) is 82.7 Å². The molecular weight excluding hydrogens is 452 g/mol. The van der Waals surface area contributed by atoms with Gasteiger partial charge in [0.2, 0.25) is 0 Å². The van der Waals surface area contributed by atoms with Crippen LogP contribution in [0.1, 0.15) is 57.9 Å². The minimum absolute atomic E-state index is 0.214. The number of nitrogens with one attached hydrogen (secondary N) is 1. The molecule has 2 aromatic heterocycles. The number of aromatic nitrogens is 3. The Hall–Kier alpha value is -4.38. The SMILES string of the molecule is Cc1cc(C(C)Nc2ccccc2C(=O)O)c2nc(N3CCC(c4cnn(C)c4)C3)cc(C#N)c2c1. The Bertz CT molecular complexity index is 1500.